The van der Waals surface area contributed by atoms with Gasteiger partial charge in [0.15, 0.2) is 0 Å². The molecule has 1 aliphatic carbocycles. The van der Waals surface area contributed by atoms with Crippen LogP contribution in [-0.2, 0) is 18.2 Å². The minimum atomic E-state index is -0.660. The van der Waals surface area contributed by atoms with E-state index in [1.165, 1.54) is 6.07 Å². The molecule has 1 heterocycles. The van der Waals surface area contributed by atoms with E-state index in [4.69, 9.17) is 4.74 Å². The van der Waals surface area contributed by atoms with Gasteiger partial charge in [-0.05, 0) is 23.8 Å². The molecule has 0 saturated carbocycles. The molecule has 1 aromatic heterocycles. The fourth-order valence-electron chi connectivity index (χ4n) is 2.85. The monoisotopic (exact) mass is 261 g/mol. The van der Waals surface area contributed by atoms with Crippen LogP contribution in [0.5, 0.6) is 0 Å². The minimum absolute atomic E-state index is 0.245. The van der Waals surface area contributed by atoms with Crippen LogP contribution in [0.1, 0.15) is 11.3 Å². The fraction of sp³-hybridized carbons (Fsp3) is 0.333. The molecular weight excluding hydrogens is 245 g/mol. The predicted molar refractivity (Wildman–Crippen MR) is 72.4 cm³/mol. The lowest BCUT2D eigenvalue weighted by molar-refractivity contribution is 0.0188. The Morgan fingerprint density at radius 2 is 2.21 bits per heavy atom. The topological polar surface area (TPSA) is 34.4 Å². The second-order valence-electron chi connectivity index (χ2n) is 4.89. The van der Waals surface area contributed by atoms with Gasteiger partial charge in [0.1, 0.15) is 11.9 Å². The number of halogens is 1. The highest BCUT2D eigenvalue weighted by molar-refractivity contribution is 5.89. The van der Waals surface area contributed by atoms with Crippen LogP contribution >= 0.6 is 0 Å². The Balaban J connectivity index is 2.27. The number of aryl methyl sites for hydroxylation is 1. The van der Waals surface area contributed by atoms with Gasteiger partial charge in [-0.25, -0.2) is 4.39 Å². The van der Waals surface area contributed by atoms with Crippen LogP contribution in [0.4, 0.5) is 4.39 Å². The van der Waals surface area contributed by atoms with Crippen LogP contribution < -0.4 is 0 Å². The van der Waals surface area contributed by atoms with Gasteiger partial charge >= 0.3 is 0 Å². The number of nitrogens with zero attached hydrogens (tertiary/aromatic N) is 1. The number of hydrogen-bond donors (Lipinski definition) is 1. The van der Waals surface area contributed by atoms with E-state index < -0.39 is 6.10 Å². The molecule has 19 heavy (non-hydrogen) atoms. The molecule has 0 spiro atoms. The van der Waals surface area contributed by atoms with E-state index in [1.807, 2.05) is 29.8 Å². The van der Waals surface area contributed by atoms with Crippen molar-refractivity contribution in [2.45, 2.75) is 18.6 Å². The molecule has 0 aliphatic heterocycles. The quantitative estimate of drug-likeness (QED) is 0.854. The van der Waals surface area contributed by atoms with Gasteiger partial charge in [0.25, 0.3) is 0 Å². The Morgan fingerprint density at radius 1 is 1.42 bits per heavy atom. The number of benzene rings is 1. The summed E-state index contributed by atoms with van der Waals surface area (Å²) < 4.78 is 21.3. The standard InChI is InChI=1S/C15H16FNO2/c1-17-11-6-7-14(19-2)13(18)8-9(11)15-10(16)4-3-5-12(15)17/h3-7,13-14,18H,8H2,1-2H3. The summed E-state index contributed by atoms with van der Waals surface area (Å²) in [5, 5.41) is 10.7. The summed E-state index contributed by atoms with van der Waals surface area (Å²) in [7, 11) is 3.47. The van der Waals surface area contributed by atoms with Crippen LogP contribution in [0.25, 0.3) is 17.0 Å². The highest BCUT2D eigenvalue weighted by Crippen LogP contribution is 2.32. The van der Waals surface area contributed by atoms with Crippen molar-refractivity contribution in [1.82, 2.24) is 4.57 Å². The first-order valence-electron chi connectivity index (χ1n) is 6.28. The third-order valence-corrected chi connectivity index (χ3v) is 3.83. The summed E-state index contributed by atoms with van der Waals surface area (Å²) in [5.41, 5.74) is 2.62. The number of methoxy groups -OCH3 is 1. The molecule has 100 valence electrons. The Hall–Kier alpha value is -1.65. The normalized spacial score (nSPS) is 22.5. The van der Waals surface area contributed by atoms with Gasteiger partial charge in [-0.3, -0.25) is 0 Å². The van der Waals surface area contributed by atoms with Crippen molar-refractivity contribution in [1.29, 1.82) is 0 Å². The summed E-state index contributed by atoms with van der Waals surface area (Å²) in [6.45, 7) is 0. The second kappa shape index (κ2) is 4.47. The van der Waals surface area contributed by atoms with Crippen molar-refractivity contribution in [3.8, 4) is 0 Å². The zero-order valence-corrected chi connectivity index (χ0v) is 10.9. The van der Waals surface area contributed by atoms with Crippen molar-refractivity contribution in [2.24, 2.45) is 7.05 Å². The zero-order valence-electron chi connectivity index (χ0n) is 10.9. The zero-order chi connectivity index (χ0) is 13.6. The van der Waals surface area contributed by atoms with Crippen molar-refractivity contribution in [3.05, 3.63) is 41.3 Å². The molecule has 0 bridgehead atoms. The molecule has 2 aromatic rings. The molecule has 1 N–H and O–H groups in total. The Bertz CT molecular complexity index is 660. The molecule has 0 fully saturated rings. The molecule has 0 amide bonds. The highest BCUT2D eigenvalue weighted by Gasteiger charge is 2.25. The molecule has 4 heteroatoms. The molecule has 0 radical (unpaired) electrons. The van der Waals surface area contributed by atoms with Gasteiger partial charge in [-0.15, -0.1) is 0 Å². The smallest absolute Gasteiger partial charge is 0.132 e. The first kappa shape index (κ1) is 12.4. The van der Waals surface area contributed by atoms with E-state index in [9.17, 15) is 9.50 Å². The van der Waals surface area contributed by atoms with E-state index in [-0.39, 0.29) is 11.9 Å². The van der Waals surface area contributed by atoms with E-state index >= 15 is 0 Å². The Morgan fingerprint density at radius 3 is 2.95 bits per heavy atom. The van der Waals surface area contributed by atoms with Crippen LogP contribution in [0.3, 0.4) is 0 Å². The third kappa shape index (κ3) is 1.79. The molecule has 1 aromatic carbocycles. The molecule has 2 unspecified atom stereocenters. The Kier molecular flexibility index (Phi) is 2.92. The number of fused-ring (bicyclic) bond motifs is 3. The minimum Gasteiger partial charge on any atom is -0.390 e. The highest BCUT2D eigenvalue weighted by atomic mass is 19.1. The maximum absolute atomic E-state index is 14.1. The van der Waals surface area contributed by atoms with E-state index in [0.29, 0.717) is 11.8 Å². The summed E-state index contributed by atoms with van der Waals surface area (Å²) in [6, 6.07) is 5.05. The van der Waals surface area contributed by atoms with Gasteiger partial charge in [-0.1, -0.05) is 12.1 Å². The van der Waals surface area contributed by atoms with Gasteiger partial charge in [-0.2, -0.15) is 0 Å². The molecule has 3 nitrogen and oxygen atoms in total. The average molecular weight is 261 g/mol. The average Bonchev–Trinajstić information content (AvgIpc) is 2.56. The van der Waals surface area contributed by atoms with Crippen LogP contribution in [-0.4, -0.2) is 29.0 Å². The van der Waals surface area contributed by atoms with E-state index in [0.717, 1.165) is 16.8 Å². The fourth-order valence-corrected chi connectivity index (χ4v) is 2.85. The Labute approximate surface area is 110 Å². The van der Waals surface area contributed by atoms with Gasteiger partial charge in [0.05, 0.1) is 11.6 Å². The lowest BCUT2D eigenvalue weighted by Crippen LogP contribution is -2.27. The SMILES string of the molecule is COC1C=Cc2c(c3c(F)cccc3n2C)CC1O. The number of aromatic nitrogens is 1. The first-order valence-corrected chi connectivity index (χ1v) is 6.28. The van der Waals surface area contributed by atoms with Gasteiger partial charge < -0.3 is 14.4 Å². The van der Waals surface area contributed by atoms with Crippen molar-refractivity contribution in [2.75, 3.05) is 7.11 Å². The summed E-state index contributed by atoms with van der Waals surface area (Å²) >= 11 is 0. The summed E-state index contributed by atoms with van der Waals surface area (Å²) in [4.78, 5) is 0. The van der Waals surface area contributed by atoms with Crippen LogP contribution in [0.2, 0.25) is 0 Å². The van der Waals surface area contributed by atoms with Crippen molar-refractivity contribution in [3.63, 3.8) is 0 Å². The van der Waals surface area contributed by atoms with E-state index in [1.54, 1.807) is 13.2 Å². The predicted octanol–water partition coefficient (Wildman–Crippen LogP) is 2.26. The van der Waals surface area contributed by atoms with Crippen molar-refractivity contribution >= 4 is 17.0 Å². The van der Waals surface area contributed by atoms with E-state index in [2.05, 4.69) is 0 Å². The van der Waals surface area contributed by atoms with Crippen molar-refractivity contribution < 1.29 is 14.2 Å². The van der Waals surface area contributed by atoms with Gasteiger partial charge in [0.2, 0.25) is 0 Å². The molecule has 2 atom stereocenters. The second-order valence-corrected chi connectivity index (χ2v) is 4.89. The molecule has 1 aliphatic rings. The number of rotatable bonds is 1. The molecular formula is C15H16FNO2. The number of ether oxygens (including phenoxy) is 1. The number of aliphatic hydroxyl groups is 1. The molecule has 3 rings (SSSR count). The van der Waals surface area contributed by atoms with Gasteiger partial charge in [0, 0.05) is 31.7 Å². The number of hydrogen-bond acceptors (Lipinski definition) is 2. The largest absolute Gasteiger partial charge is 0.390 e. The van der Waals surface area contributed by atoms with Crippen LogP contribution in [0, 0.1) is 5.82 Å². The maximum Gasteiger partial charge on any atom is 0.132 e. The maximum atomic E-state index is 14.1. The first-order chi connectivity index (χ1) is 9.13. The third-order valence-electron chi connectivity index (χ3n) is 3.83. The lowest BCUT2D eigenvalue weighted by atomic mass is 10.0. The lowest BCUT2D eigenvalue weighted by Gasteiger charge is -2.16. The summed E-state index contributed by atoms with van der Waals surface area (Å²) in [5.74, 6) is -0.245. The van der Waals surface area contributed by atoms with Crippen LogP contribution in [0.15, 0.2) is 24.3 Å². The number of aliphatic hydroxyl groups excluding tert-OH is 1. The summed E-state index contributed by atoms with van der Waals surface area (Å²) in [6.07, 6.45) is 3.10. The molecule has 0 saturated heterocycles.